The van der Waals surface area contributed by atoms with Gasteiger partial charge in [-0.3, -0.25) is 9.79 Å². The third-order valence-electron chi connectivity index (χ3n) is 3.83. The molecule has 0 unspecified atom stereocenters. The topological polar surface area (TPSA) is 53.9 Å². The van der Waals surface area contributed by atoms with Crippen LogP contribution in [0.25, 0.3) is 0 Å². The van der Waals surface area contributed by atoms with Gasteiger partial charge in [-0.1, -0.05) is 18.9 Å². The van der Waals surface area contributed by atoms with E-state index in [0.29, 0.717) is 13.0 Å². The Balaban J connectivity index is 2.21. The van der Waals surface area contributed by atoms with E-state index in [4.69, 9.17) is 9.73 Å². The van der Waals surface area contributed by atoms with Crippen molar-refractivity contribution in [2.45, 2.75) is 52.4 Å². The molecule has 0 saturated heterocycles. The number of carbonyl (C=O) groups excluding carboxylic acids is 1. The molecule has 1 rings (SSSR count). The maximum atomic E-state index is 11.3. The highest BCUT2D eigenvalue weighted by Crippen LogP contribution is 2.09. The molecule has 0 saturated carbocycles. The van der Waals surface area contributed by atoms with Crippen LogP contribution in [0.2, 0.25) is 0 Å². The first kappa shape index (κ1) is 21.5. The highest BCUT2D eigenvalue weighted by molar-refractivity contribution is 7.09. The van der Waals surface area contributed by atoms with Crippen LogP contribution in [0.3, 0.4) is 0 Å². The third kappa shape index (κ3) is 10.1. The van der Waals surface area contributed by atoms with Crippen molar-refractivity contribution in [2.24, 2.45) is 4.99 Å². The first-order valence-corrected chi connectivity index (χ1v) is 10.2. The predicted molar refractivity (Wildman–Crippen MR) is 106 cm³/mol. The molecule has 0 spiro atoms. The summed E-state index contributed by atoms with van der Waals surface area (Å²) in [6.45, 7) is 7.08. The fourth-order valence-corrected chi connectivity index (χ4v) is 3.16. The number of hydrogen-bond donors (Lipinski definition) is 1. The number of thiophene rings is 1. The van der Waals surface area contributed by atoms with Crippen molar-refractivity contribution < 1.29 is 9.53 Å². The molecule has 1 aromatic rings. The Bertz CT molecular complexity index is 489. The molecular weight excluding hydrogens is 334 g/mol. The van der Waals surface area contributed by atoms with Crippen LogP contribution in [-0.2, 0) is 16.0 Å². The van der Waals surface area contributed by atoms with Gasteiger partial charge in [-0.05, 0) is 44.6 Å². The number of rotatable bonds is 12. The molecule has 0 aliphatic heterocycles. The average Bonchev–Trinajstić information content (AvgIpc) is 3.11. The Labute approximate surface area is 156 Å². The fourth-order valence-electron chi connectivity index (χ4n) is 2.46. The number of guanidine groups is 1. The predicted octanol–water partition coefficient (Wildman–Crippen LogP) is 3.70. The van der Waals surface area contributed by atoms with E-state index in [1.165, 1.54) is 4.88 Å². The summed E-state index contributed by atoms with van der Waals surface area (Å²) in [6, 6.07) is 4.28. The number of unbranched alkanes of at least 4 members (excludes halogenated alkanes) is 3. The van der Waals surface area contributed by atoms with Gasteiger partial charge >= 0.3 is 5.97 Å². The van der Waals surface area contributed by atoms with Crippen molar-refractivity contribution in [3.05, 3.63) is 22.4 Å². The van der Waals surface area contributed by atoms with Crippen LogP contribution in [0.15, 0.2) is 22.5 Å². The summed E-state index contributed by atoms with van der Waals surface area (Å²) < 4.78 is 4.93. The van der Waals surface area contributed by atoms with E-state index >= 15 is 0 Å². The van der Waals surface area contributed by atoms with Gasteiger partial charge in [0.05, 0.1) is 6.61 Å². The minimum atomic E-state index is -0.0812. The molecule has 0 aliphatic rings. The zero-order valence-electron chi connectivity index (χ0n) is 15.9. The second kappa shape index (κ2) is 13.7. The summed E-state index contributed by atoms with van der Waals surface area (Å²) in [4.78, 5) is 19.6. The molecule has 5 nitrogen and oxygen atoms in total. The molecule has 1 N–H and O–H groups in total. The van der Waals surface area contributed by atoms with Crippen LogP contribution >= 0.6 is 11.3 Å². The zero-order chi connectivity index (χ0) is 18.3. The largest absolute Gasteiger partial charge is 0.466 e. The number of likely N-dealkylation sites (N-methyl/N-ethyl adjacent to an activating group) is 1. The second-order valence-corrected chi connectivity index (χ2v) is 6.99. The fraction of sp³-hybridized carbons (Fsp3) is 0.684. The number of nitrogens with zero attached hydrogens (tertiary/aromatic N) is 2. The van der Waals surface area contributed by atoms with Gasteiger partial charge in [-0.2, -0.15) is 0 Å². The lowest BCUT2D eigenvalue weighted by atomic mass is 10.1. The van der Waals surface area contributed by atoms with Crippen LogP contribution in [0.5, 0.6) is 0 Å². The quantitative estimate of drug-likeness (QED) is 0.265. The number of nitrogens with one attached hydrogen (secondary N) is 1. The highest BCUT2D eigenvalue weighted by atomic mass is 32.1. The molecular formula is C19H33N3O2S. The van der Waals surface area contributed by atoms with Gasteiger partial charge in [0.15, 0.2) is 5.96 Å². The van der Waals surface area contributed by atoms with Crippen molar-refractivity contribution in [3.63, 3.8) is 0 Å². The zero-order valence-corrected chi connectivity index (χ0v) is 16.7. The second-order valence-electron chi connectivity index (χ2n) is 5.96. The van der Waals surface area contributed by atoms with Gasteiger partial charge in [0, 0.05) is 38.0 Å². The van der Waals surface area contributed by atoms with Gasteiger partial charge in [0.2, 0.25) is 0 Å². The molecule has 0 atom stereocenters. The summed E-state index contributed by atoms with van der Waals surface area (Å²) in [5.41, 5.74) is 0. The van der Waals surface area contributed by atoms with Crippen molar-refractivity contribution >= 4 is 23.3 Å². The van der Waals surface area contributed by atoms with E-state index in [2.05, 4.69) is 41.7 Å². The van der Waals surface area contributed by atoms with Gasteiger partial charge in [-0.15, -0.1) is 11.3 Å². The van der Waals surface area contributed by atoms with Crippen LogP contribution in [0.1, 0.15) is 50.8 Å². The van der Waals surface area contributed by atoms with Gasteiger partial charge in [-0.25, -0.2) is 0 Å². The van der Waals surface area contributed by atoms with E-state index in [9.17, 15) is 4.79 Å². The summed E-state index contributed by atoms with van der Waals surface area (Å²) in [5.74, 6) is 0.896. The molecule has 1 aromatic heterocycles. The highest BCUT2D eigenvalue weighted by Gasteiger charge is 2.06. The van der Waals surface area contributed by atoms with Crippen molar-refractivity contribution in [3.8, 4) is 0 Å². The van der Waals surface area contributed by atoms with Gasteiger partial charge in [0.25, 0.3) is 0 Å². The Morgan fingerprint density at radius 2 is 2.08 bits per heavy atom. The van der Waals surface area contributed by atoms with Crippen molar-refractivity contribution in [1.82, 2.24) is 10.2 Å². The first-order valence-electron chi connectivity index (χ1n) is 9.34. The molecule has 0 aromatic carbocycles. The van der Waals surface area contributed by atoms with Gasteiger partial charge < -0.3 is 15.0 Å². The summed E-state index contributed by atoms with van der Waals surface area (Å²) in [7, 11) is 2.09. The van der Waals surface area contributed by atoms with E-state index in [-0.39, 0.29) is 5.97 Å². The van der Waals surface area contributed by atoms with Gasteiger partial charge in [0.1, 0.15) is 0 Å². The third-order valence-corrected chi connectivity index (χ3v) is 4.76. The lowest BCUT2D eigenvalue weighted by Crippen LogP contribution is -2.40. The number of ether oxygens (including phenoxy) is 1. The smallest absolute Gasteiger partial charge is 0.305 e. The number of aliphatic imine (C=N–C) groups is 1. The van der Waals surface area contributed by atoms with E-state index in [1.807, 2.05) is 6.92 Å². The lowest BCUT2D eigenvalue weighted by molar-refractivity contribution is -0.143. The molecule has 0 bridgehead atoms. The first-order chi connectivity index (χ1) is 12.2. The standard InChI is InChI=1S/C19H33N3O2S/c1-4-20-19(22(3)15-13-17-11-10-16-25-17)21-14-9-7-6-8-12-18(23)24-5-2/h10-11,16H,4-9,12-15H2,1-3H3,(H,20,21). The van der Waals surface area contributed by atoms with Crippen LogP contribution in [0, 0.1) is 0 Å². The monoisotopic (exact) mass is 367 g/mol. The summed E-state index contributed by atoms with van der Waals surface area (Å²) in [5, 5.41) is 5.48. The normalized spacial score (nSPS) is 11.4. The van der Waals surface area contributed by atoms with Crippen LogP contribution < -0.4 is 5.32 Å². The molecule has 25 heavy (non-hydrogen) atoms. The molecule has 6 heteroatoms. The molecule has 0 fully saturated rings. The molecule has 0 amide bonds. The molecule has 1 heterocycles. The summed E-state index contributed by atoms with van der Waals surface area (Å²) in [6.07, 6.45) is 5.69. The van der Waals surface area contributed by atoms with Crippen molar-refractivity contribution in [1.29, 1.82) is 0 Å². The average molecular weight is 368 g/mol. The molecule has 0 aliphatic carbocycles. The van der Waals surface area contributed by atoms with Crippen molar-refractivity contribution in [2.75, 3.05) is 33.3 Å². The Morgan fingerprint density at radius 1 is 1.28 bits per heavy atom. The van der Waals surface area contributed by atoms with E-state index < -0.39 is 0 Å². The Kier molecular flexibility index (Phi) is 11.8. The Morgan fingerprint density at radius 3 is 2.76 bits per heavy atom. The van der Waals surface area contributed by atoms with Crippen LogP contribution in [-0.4, -0.2) is 50.1 Å². The molecule has 142 valence electrons. The van der Waals surface area contributed by atoms with E-state index in [0.717, 1.165) is 57.7 Å². The minimum absolute atomic E-state index is 0.0812. The minimum Gasteiger partial charge on any atom is -0.466 e. The Hall–Kier alpha value is -1.56. The SMILES string of the molecule is CCNC(=NCCCCCCC(=O)OCC)N(C)CCc1cccs1. The number of esters is 1. The maximum Gasteiger partial charge on any atom is 0.305 e. The lowest BCUT2D eigenvalue weighted by Gasteiger charge is -2.21. The van der Waals surface area contributed by atoms with Crippen LogP contribution in [0.4, 0.5) is 0 Å². The number of hydrogen-bond acceptors (Lipinski definition) is 4. The maximum absolute atomic E-state index is 11.3. The summed E-state index contributed by atoms with van der Waals surface area (Å²) >= 11 is 1.80. The van der Waals surface area contributed by atoms with E-state index in [1.54, 1.807) is 11.3 Å². The molecule has 0 radical (unpaired) electrons. The number of carbonyl (C=O) groups is 1.